The molecule has 0 bridgehead atoms. The summed E-state index contributed by atoms with van der Waals surface area (Å²) < 4.78 is 0. The molecule has 2 aliphatic rings. The number of benzene rings is 1. The number of hydrogen-bond acceptors (Lipinski definition) is 4. The highest BCUT2D eigenvalue weighted by atomic mass is 16.2. The van der Waals surface area contributed by atoms with Gasteiger partial charge in [0.05, 0.1) is 0 Å². The fraction of sp³-hybridized carbons (Fsp3) is 0.591. The van der Waals surface area contributed by atoms with E-state index in [4.69, 9.17) is 0 Å². The van der Waals surface area contributed by atoms with Crippen LogP contribution in [0.1, 0.15) is 32.3 Å². The van der Waals surface area contributed by atoms with Crippen molar-refractivity contribution in [3.63, 3.8) is 0 Å². The predicted molar refractivity (Wildman–Crippen MR) is 118 cm³/mol. The van der Waals surface area contributed by atoms with Gasteiger partial charge in [0.25, 0.3) is 5.91 Å². The van der Waals surface area contributed by atoms with Gasteiger partial charge in [-0.1, -0.05) is 37.3 Å². The van der Waals surface area contributed by atoms with Crippen LogP contribution in [0.2, 0.25) is 0 Å². The zero-order valence-electron chi connectivity index (χ0n) is 18.4. The molecule has 2 saturated heterocycles. The van der Waals surface area contributed by atoms with E-state index in [-0.39, 0.29) is 11.9 Å². The molecule has 8 nitrogen and oxygen atoms in total. The Kier molecular flexibility index (Phi) is 7.31. The lowest BCUT2D eigenvalue weighted by Gasteiger charge is -2.36. The summed E-state index contributed by atoms with van der Waals surface area (Å²) in [5, 5.41) is 6.17. The molecule has 0 aliphatic carbocycles. The first-order chi connectivity index (χ1) is 14.5. The molecule has 0 spiro atoms. The first kappa shape index (κ1) is 22.1. The molecule has 164 valence electrons. The Morgan fingerprint density at radius 1 is 1.17 bits per heavy atom. The molecule has 2 heterocycles. The number of nitrogens with zero attached hydrogens (tertiary/aromatic N) is 4. The Balaban J connectivity index is 1.39. The number of urea groups is 1. The van der Waals surface area contributed by atoms with E-state index in [0.29, 0.717) is 25.9 Å². The van der Waals surface area contributed by atoms with Gasteiger partial charge in [0.1, 0.15) is 5.54 Å². The average molecular weight is 415 g/mol. The monoisotopic (exact) mass is 414 g/mol. The number of hydrogen-bond donors (Lipinski definition) is 2. The summed E-state index contributed by atoms with van der Waals surface area (Å²) in [4.78, 5) is 35.0. The highest BCUT2D eigenvalue weighted by Crippen LogP contribution is 2.20. The molecule has 1 atom stereocenters. The molecular formula is C22H34N6O2. The topological polar surface area (TPSA) is 80.3 Å². The number of rotatable bonds is 7. The molecule has 30 heavy (non-hydrogen) atoms. The number of piperazine rings is 1. The van der Waals surface area contributed by atoms with Gasteiger partial charge in [0, 0.05) is 52.9 Å². The van der Waals surface area contributed by atoms with Gasteiger partial charge >= 0.3 is 6.03 Å². The van der Waals surface area contributed by atoms with Gasteiger partial charge in [-0.15, -0.1) is 0 Å². The second kappa shape index (κ2) is 9.93. The van der Waals surface area contributed by atoms with Crippen LogP contribution in [0.4, 0.5) is 4.79 Å². The van der Waals surface area contributed by atoms with Crippen LogP contribution < -0.4 is 10.6 Å². The van der Waals surface area contributed by atoms with Crippen molar-refractivity contribution in [2.45, 2.75) is 38.8 Å². The summed E-state index contributed by atoms with van der Waals surface area (Å²) in [6.45, 7) is 9.58. The second-order valence-corrected chi connectivity index (χ2v) is 8.15. The predicted octanol–water partition coefficient (Wildman–Crippen LogP) is 1.49. The Labute approximate surface area is 179 Å². The third-order valence-corrected chi connectivity index (χ3v) is 6.03. The second-order valence-electron chi connectivity index (χ2n) is 8.15. The van der Waals surface area contributed by atoms with Gasteiger partial charge in [0.2, 0.25) is 0 Å². The van der Waals surface area contributed by atoms with E-state index in [1.54, 1.807) is 14.0 Å². The molecule has 3 rings (SSSR count). The smallest absolute Gasteiger partial charge is 0.325 e. The van der Waals surface area contributed by atoms with Crippen molar-refractivity contribution >= 4 is 17.9 Å². The van der Waals surface area contributed by atoms with Gasteiger partial charge in [0.15, 0.2) is 5.96 Å². The van der Waals surface area contributed by atoms with Crippen molar-refractivity contribution in [1.82, 2.24) is 25.3 Å². The summed E-state index contributed by atoms with van der Waals surface area (Å²) >= 11 is 0. The molecule has 3 amide bonds. The van der Waals surface area contributed by atoms with Crippen molar-refractivity contribution in [3.8, 4) is 0 Å². The highest BCUT2D eigenvalue weighted by molar-refractivity contribution is 6.06. The Bertz CT molecular complexity index is 760. The number of carbonyl (C=O) groups is 2. The fourth-order valence-corrected chi connectivity index (χ4v) is 3.92. The summed E-state index contributed by atoms with van der Waals surface area (Å²) in [7, 11) is 1.79. The van der Waals surface area contributed by atoms with E-state index < -0.39 is 5.54 Å². The van der Waals surface area contributed by atoms with E-state index in [1.807, 2.05) is 13.0 Å². The quantitative estimate of drug-likeness (QED) is 0.306. The molecule has 1 unspecified atom stereocenters. The van der Waals surface area contributed by atoms with E-state index in [1.165, 1.54) is 10.5 Å². The van der Waals surface area contributed by atoms with Crippen LogP contribution in [0.5, 0.6) is 0 Å². The highest BCUT2D eigenvalue weighted by Gasteiger charge is 2.45. The van der Waals surface area contributed by atoms with Gasteiger partial charge in [-0.25, -0.2) is 4.79 Å². The van der Waals surface area contributed by atoms with Crippen molar-refractivity contribution in [2.24, 2.45) is 4.99 Å². The summed E-state index contributed by atoms with van der Waals surface area (Å²) in [5.41, 5.74) is 0.577. The van der Waals surface area contributed by atoms with Crippen molar-refractivity contribution in [3.05, 3.63) is 35.9 Å². The first-order valence-electron chi connectivity index (χ1n) is 10.8. The molecule has 2 N–H and O–H groups in total. The lowest BCUT2D eigenvalue weighted by molar-refractivity contribution is -0.130. The fourth-order valence-electron chi connectivity index (χ4n) is 3.92. The van der Waals surface area contributed by atoms with E-state index in [0.717, 1.165) is 38.7 Å². The number of guanidine groups is 1. The van der Waals surface area contributed by atoms with E-state index in [2.05, 4.69) is 49.7 Å². The van der Waals surface area contributed by atoms with Crippen LogP contribution in [-0.2, 0) is 11.3 Å². The molecule has 1 aromatic carbocycles. The van der Waals surface area contributed by atoms with Crippen LogP contribution in [0.3, 0.4) is 0 Å². The standard InChI is InChI=1S/C22H34N6O2/c1-4-22(2)19(29)28(21(30)25-22)12-8-11-24-20(23-3)27-15-13-26(14-16-27)17-18-9-6-5-7-10-18/h5-7,9-10H,4,8,11-17H2,1-3H3,(H,23,24)(H,25,30). The molecule has 0 aromatic heterocycles. The van der Waals surface area contributed by atoms with Gasteiger partial charge in [-0.05, 0) is 25.3 Å². The molecule has 2 fully saturated rings. The SMILES string of the molecule is CCC1(C)NC(=O)N(CCCNC(=NC)N2CCN(Cc3ccccc3)CC2)C1=O. The zero-order chi connectivity index (χ0) is 21.6. The maximum atomic E-state index is 12.4. The Morgan fingerprint density at radius 3 is 2.47 bits per heavy atom. The maximum Gasteiger partial charge on any atom is 0.325 e. The number of nitrogens with one attached hydrogen (secondary N) is 2. The van der Waals surface area contributed by atoms with Crippen LogP contribution in [0.25, 0.3) is 0 Å². The minimum absolute atomic E-state index is 0.131. The van der Waals surface area contributed by atoms with Crippen molar-refractivity contribution < 1.29 is 9.59 Å². The number of aliphatic imine (C=N–C) groups is 1. The minimum Gasteiger partial charge on any atom is -0.356 e. The minimum atomic E-state index is -0.764. The van der Waals surface area contributed by atoms with Crippen molar-refractivity contribution in [2.75, 3.05) is 46.3 Å². The normalized spacial score (nSPS) is 23.1. The third-order valence-electron chi connectivity index (χ3n) is 6.03. The Hall–Kier alpha value is -2.61. The third kappa shape index (κ3) is 5.11. The van der Waals surface area contributed by atoms with Gasteiger partial charge in [-0.3, -0.25) is 19.6 Å². The van der Waals surface area contributed by atoms with Crippen LogP contribution >= 0.6 is 0 Å². The first-order valence-corrected chi connectivity index (χ1v) is 10.8. The molecule has 2 aliphatic heterocycles. The Morgan fingerprint density at radius 2 is 1.87 bits per heavy atom. The molecule has 1 aromatic rings. The summed E-state index contributed by atoms with van der Waals surface area (Å²) in [5.74, 6) is 0.749. The van der Waals surface area contributed by atoms with Crippen LogP contribution in [0, 0.1) is 0 Å². The van der Waals surface area contributed by atoms with E-state index >= 15 is 0 Å². The number of imide groups is 1. The largest absolute Gasteiger partial charge is 0.356 e. The van der Waals surface area contributed by atoms with Gasteiger partial charge in [-0.2, -0.15) is 0 Å². The van der Waals surface area contributed by atoms with Crippen LogP contribution in [-0.4, -0.2) is 84.5 Å². The average Bonchev–Trinajstić information content (AvgIpc) is 2.98. The molecular weight excluding hydrogens is 380 g/mol. The molecule has 0 saturated carbocycles. The lowest BCUT2D eigenvalue weighted by atomic mass is 9.99. The lowest BCUT2D eigenvalue weighted by Crippen LogP contribution is -2.52. The summed E-state index contributed by atoms with van der Waals surface area (Å²) in [6, 6.07) is 10.3. The molecule has 8 heteroatoms. The number of carbonyl (C=O) groups excluding carboxylic acids is 2. The molecule has 0 radical (unpaired) electrons. The maximum absolute atomic E-state index is 12.4. The summed E-state index contributed by atoms with van der Waals surface area (Å²) in [6.07, 6.45) is 1.28. The van der Waals surface area contributed by atoms with Crippen molar-refractivity contribution in [1.29, 1.82) is 0 Å². The van der Waals surface area contributed by atoms with E-state index in [9.17, 15) is 9.59 Å². The number of amides is 3. The van der Waals surface area contributed by atoms with Gasteiger partial charge < -0.3 is 15.5 Å². The zero-order valence-corrected chi connectivity index (χ0v) is 18.4. The van der Waals surface area contributed by atoms with Crippen LogP contribution in [0.15, 0.2) is 35.3 Å².